The van der Waals surface area contributed by atoms with Crippen LogP contribution in [0.15, 0.2) is 54.6 Å². The van der Waals surface area contributed by atoms with Crippen molar-refractivity contribution in [3.05, 3.63) is 65.2 Å². The normalized spacial score (nSPS) is 11.4. The zero-order valence-electron chi connectivity index (χ0n) is 13.0. The van der Waals surface area contributed by atoms with Gasteiger partial charge in [0.25, 0.3) is 0 Å². The molecule has 0 unspecified atom stereocenters. The minimum atomic E-state index is 0.708. The molecule has 0 N–H and O–H groups in total. The lowest BCUT2D eigenvalue weighted by Crippen LogP contribution is -1.91. The summed E-state index contributed by atoms with van der Waals surface area (Å²) in [7, 11) is 1.65. The van der Waals surface area contributed by atoms with Gasteiger partial charge in [-0.2, -0.15) is 9.61 Å². The largest absolute Gasteiger partial charge is 0.497 e. The van der Waals surface area contributed by atoms with Crippen LogP contribution in [0.1, 0.15) is 10.6 Å². The van der Waals surface area contributed by atoms with Crippen molar-refractivity contribution in [3.8, 4) is 17.1 Å². The van der Waals surface area contributed by atoms with Gasteiger partial charge in [0.05, 0.1) is 7.11 Å². The van der Waals surface area contributed by atoms with Crippen molar-refractivity contribution in [1.29, 1.82) is 0 Å². The quantitative estimate of drug-likeness (QED) is 0.565. The van der Waals surface area contributed by atoms with E-state index in [1.54, 1.807) is 11.6 Å². The minimum absolute atomic E-state index is 0.708. The van der Waals surface area contributed by atoms with Crippen molar-refractivity contribution < 1.29 is 4.74 Å². The molecule has 0 saturated heterocycles. The van der Waals surface area contributed by atoms with Crippen molar-refractivity contribution >= 4 is 28.4 Å². The van der Waals surface area contributed by atoms with E-state index in [0.717, 1.165) is 26.8 Å². The van der Waals surface area contributed by atoms with Gasteiger partial charge in [0.2, 0.25) is 4.96 Å². The summed E-state index contributed by atoms with van der Waals surface area (Å²) < 4.78 is 7.04. The molecule has 0 spiro atoms. The molecule has 4 aromatic rings. The molecule has 0 bridgehead atoms. The molecule has 118 valence electrons. The molecular formula is C18H14N4OS. The van der Waals surface area contributed by atoms with Gasteiger partial charge >= 0.3 is 0 Å². The van der Waals surface area contributed by atoms with Crippen LogP contribution in [0, 0.1) is 0 Å². The third kappa shape index (κ3) is 2.79. The Hall–Kier alpha value is -2.99. The molecule has 24 heavy (non-hydrogen) atoms. The SMILES string of the molecule is COc1cccc(-c2nnc3sc(/C=C\c4ccccc4)nn23)c1. The first-order valence-electron chi connectivity index (χ1n) is 7.43. The number of aromatic nitrogens is 4. The van der Waals surface area contributed by atoms with Crippen LogP contribution >= 0.6 is 11.3 Å². The molecule has 0 aliphatic rings. The van der Waals surface area contributed by atoms with Gasteiger partial charge in [-0.25, -0.2) is 0 Å². The van der Waals surface area contributed by atoms with Gasteiger partial charge in [-0.15, -0.1) is 10.2 Å². The van der Waals surface area contributed by atoms with E-state index in [9.17, 15) is 0 Å². The Morgan fingerprint density at radius 1 is 1.00 bits per heavy atom. The number of hydrogen-bond donors (Lipinski definition) is 0. The molecule has 2 aromatic carbocycles. The van der Waals surface area contributed by atoms with E-state index in [1.807, 2.05) is 54.6 Å². The van der Waals surface area contributed by atoms with Crippen LogP contribution in [0.25, 0.3) is 28.5 Å². The lowest BCUT2D eigenvalue weighted by atomic mass is 10.2. The lowest BCUT2D eigenvalue weighted by Gasteiger charge is -2.01. The molecule has 0 aliphatic heterocycles. The predicted molar refractivity (Wildman–Crippen MR) is 96.0 cm³/mol. The Morgan fingerprint density at radius 2 is 1.88 bits per heavy atom. The summed E-state index contributed by atoms with van der Waals surface area (Å²) in [6, 6.07) is 17.9. The zero-order chi connectivity index (χ0) is 16.4. The number of methoxy groups -OCH3 is 1. The zero-order valence-corrected chi connectivity index (χ0v) is 13.8. The molecule has 0 saturated carbocycles. The molecule has 0 aliphatic carbocycles. The fourth-order valence-electron chi connectivity index (χ4n) is 2.37. The smallest absolute Gasteiger partial charge is 0.235 e. The van der Waals surface area contributed by atoms with Crippen LogP contribution in [0.4, 0.5) is 0 Å². The highest BCUT2D eigenvalue weighted by Gasteiger charge is 2.12. The van der Waals surface area contributed by atoms with E-state index < -0.39 is 0 Å². The van der Waals surface area contributed by atoms with Gasteiger partial charge in [-0.3, -0.25) is 0 Å². The molecule has 6 heteroatoms. The first kappa shape index (κ1) is 14.6. The summed E-state index contributed by atoms with van der Waals surface area (Å²) in [5.74, 6) is 1.49. The van der Waals surface area contributed by atoms with Crippen LogP contribution in [-0.2, 0) is 0 Å². The van der Waals surface area contributed by atoms with E-state index >= 15 is 0 Å². The van der Waals surface area contributed by atoms with E-state index in [0.29, 0.717) is 5.82 Å². The molecule has 0 amide bonds. The fraction of sp³-hybridized carbons (Fsp3) is 0.0556. The maximum Gasteiger partial charge on any atom is 0.235 e. The molecule has 0 fully saturated rings. The Balaban J connectivity index is 1.69. The van der Waals surface area contributed by atoms with Crippen molar-refractivity contribution in [2.75, 3.05) is 7.11 Å². The highest BCUT2D eigenvalue weighted by Crippen LogP contribution is 2.25. The van der Waals surface area contributed by atoms with Gasteiger partial charge in [-0.05, 0) is 23.8 Å². The van der Waals surface area contributed by atoms with Crippen LogP contribution in [0.3, 0.4) is 0 Å². The van der Waals surface area contributed by atoms with Crippen LogP contribution in [0.2, 0.25) is 0 Å². The second-order valence-electron chi connectivity index (χ2n) is 5.13. The Bertz CT molecular complexity index is 1000. The van der Waals surface area contributed by atoms with Crippen molar-refractivity contribution in [1.82, 2.24) is 19.8 Å². The number of nitrogens with zero attached hydrogens (tertiary/aromatic N) is 4. The molecule has 2 aromatic heterocycles. The maximum absolute atomic E-state index is 5.27. The number of benzene rings is 2. The van der Waals surface area contributed by atoms with Crippen LogP contribution < -0.4 is 4.74 Å². The predicted octanol–water partition coefficient (Wildman–Crippen LogP) is 4.03. The van der Waals surface area contributed by atoms with Crippen molar-refractivity contribution in [2.45, 2.75) is 0 Å². The number of ether oxygens (including phenoxy) is 1. The molecule has 0 radical (unpaired) electrons. The number of hydrogen-bond acceptors (Lipinski definition) is 5. The maximum atomic E-state index is 5.27. The fourth-order valence-corrected chi connectivity index (χ4v) is 3.11. The average molecular weight is 334 g/mol. The first-order valence-corrected chi connectivity index (χ1v) is 8.25. The first-order chi connectivity index (χ1) is 11.8. The van der Waals surface area contributed by atoms with Gasteiger partial charge in [0.15, 0.2) is 5.82 Å². The summed E-state index contributed by atoms with van der Waals surface area (Å²) in [6.45, 7) is 0. The van der Waals surface area contributed by atoms with E-state index in [1.165, 1.54) is 11.3 Å². The molecule has 0 atom stereocenters. The average Bonchev–Trinajstić information content (AvgIpc) is 3.21. The number of rotatable bonds is 4. The summed E-state index contributed by atoms with van der Waals surface area (Å²) in [6.07, 6.45) is 4.03. The van der Waals surface area contributed by atoms with Crippen LogP contribution in [-0.4, -0.2) is 26.9 Å². The Morgan fingerprint density at radius 3 is 2.71 bits per heavy atom. The molecular weight excluding hydrogens is 320 g/mol. The van der Waals surface area contributed by atoms with E-state index in [4.69, 9.17) is 4.74 Å². The second-order valence-corrected chi connectivity index (χ2v) is 6.12. The summed E-state index contributed by atoms with van der Waals surface area (Å²) in [4.78, 5) is 0.764. The topological polar surface area (TPSA) is 52.3 Å². The highest BCUT2D eigenvalue weighted by atomic mass is 32.1. The van der Waals surface area contributed by atoms with Crippen LogP contribution in [0.5, 0.6) is 5.75 Å². The van der Waals surface area contributed by atoms with Crippen molar-refractivity contribution in [3.63, 3.8) is 0 Å². The summed E-state index contributed by atoms with van der Waals surface area (Å²) >= 11 is 1.50. The van der Waals surface area contributed by atoms with Crippen molar-refractivity contribution in [2.24, 2.45) is 0 Å². The number of fused-ring (bicyclic) bond motifs is 1. The Kier molecular flexibility index (Phi) is 3.80. The second kappa shape index (κ2) is 6.25. The summed E-state index contributed by atoms with van der Waals surface area (Å²) in [5.41, 5.74) is 2.06. The van der Waals surface area contributed by atoms with Gasteiger partial charge in [-0.1, -0.05) is 59.9 Å². The molecule has 2 heterocycles. The lowest BCUT2D eigenvalue weighted by molar-refractivity contribution is 0.415. The van der Waals surface area contributed by atoms with Gasteiger partial charge < -0.3 is 4.74 Å². The van der Waals surface area contributed by atoms with Gasteiger partial charge in [0, 0.05) is 5.56 Å². The minimum Gasteiger partial charge on any atom is -0.497 e. The third-order valence-electron chi connectivity index (χ3n) is 3.55. The third-order valence-corrected chi connectivity index (χ3v) is 4.42. The van der Waals surface area contributed by atoms with Gasteiger partial charge in [0.1, 0.15) is 10.8 Å². The highest BCUT2D eigenvalue weighted by molar-refractivity contribution is 7.17. The van der Waals surface area contributed by atoms with E-state index in [-0.39, 0.29) is 0 Å². The summed E-state index contributed by atoms with van der Waals surface area (Å²) in [5, 5.41) is 13.9. The monoisotopic (exact) mass is 334 g/mol. The molecule has 4 rings (SSSR count). The van der Waals surface area contributed by atoms with E-state index in [2.05, 4.69) is 27.4 Å². The molecule has 5 nitrogen and oxygen atoms in total. The Labute approximate surface area is 142 Å². The standard InChI is InChI=1S/C18H14N4OS/c1-23-15-9-5-8-14(12-15)17-19-20-18-22(17)21-16(24-18)11-10-13-6-3-2-4-7-13/h2-12H,1H3/b11-10-.